The summed E-state index contributed by atoms with van der Waals surface area (Å²) >= 11 is 0. The van der Waals surface area contributed by atoms with Crippen molar-refractivity contribution in [2.75, 3.05) is 40.3 Å². The van der Waals surface area contributed by atoms with Gasteiger partial charge in [0.1, 0.15) is 6.04 Å². The molecule has 2 aliphatic rings. The topological polar surface area (TPSA) is 49.7 Å². The van der Waals surface area contributed by atoms with E-state index in [1.807, 2.05) is 0 Å². The van der Waals surface area contributed by atoms with Crippen molar-refractivity contribution in [3.8, 4) is 0 Å². The maximum Gasteiger partial charge on any atom is 0.168 e. The standard InChI is InChI=1S/C46H84N4O2/c1-5-7-9-11-13-15-17-19-21-23-25-27-29-31-33-35-38-46(51-43-45(52-46)37-40-50-42-44(47-48-50)41-49(3)4)39-36-34-32-30-28-26-24-22-20-18-16-14-12-10-8-6-2/h13-16,19-22,44-45H,5-12,17-18,23-43H2,1-4H3. The number of ether oxygens (including phenoxy) is 2. The molecule has 2 unspecified atom stereocenters. The van der Waals surface area contributed by atoms with Crippen LogP contribution in [0.3, 0.4) is 0 Å². The fraction of sp³-hybridized carbons (Fsp3) is 0.826. The first-order valence-electron chi connectivity index (χ1n) is 22.3. The highest BCUT2D eigenvalue weighted by Crippen LogP contribution is 2.36. The van der Waals surface area contributed by atoms with Gasteiger partial charge in [0.05, 0.1) is 19.3 Å². The van der Waals surface area contributed by atoms with Crippen molar-refractivity contribution in [1.29, 1.82) is 0 Å². The van der Waals surface area contributed by atoms with E-state index in [1.54, 1.807) is 0 Å². The predicted octanol–water partition coefficient (Wildman–Crippen LogP) is 13.5. The fourth-order valence-electron chi connectivity index (χ4n) is 7.32. The lowest BCUT2D eigenvalue weighted by Gasteiger charge is -2.29. The Bertz CT molecular complexity index is 910. The summed E-state index contributed by atoms with van der Waals surface area (Å²) < 4.78 is 13.4. The molecule has 1 saturated heterocycles. The number of rotatable bonds is 35. The van der Waals surface area contributed by atoms with Crippen LogP contribution in [0.25, 0.3) is 0 Å². The van der Waals surface area contributed by atoms with Crippen LogP contribution in [0.2, 0.25) is 0 Å². The molecule has 0 aliphatic carbocycles. The molecule has 0 aromatic carbocycles. The lowest BCUT2D eigenvalue weighted by atomic mass is 9.98. The van der Waals surface area contributed by atoms with Gasteiger partial charge in [0.2, 0.25) is 0 Å². The van der Waals surface area contributed by atoms with Gasteiger partial charge >= 0.3 is 0 Å². The fourth-order valence-corrected chi connectivity index (χ4v) is 7.32. The van der Waals surface area contributed by atoms with E-state index in [1.165, 1.54) is 141 Å². The predicted molar refractivity (Wildman–Crippen MR) is 225 cm³/mol. The smallest absolute Gasteiger partial charge is 0.168 e. The van der Waals surface area contributed by atoms with Crippen LogP contribution in [0, 0.1) is 0 Å². The van der Waals surface area contributed by atoms with E-state index < -0.39 is 0 Å². The van der Waals surface area contributed by atoms with Gasteiger partial charge < -0.3 is 14.4 Å². The minimum Gasteiger partial charge on any atom is -0.347 e. The number of nitrogens with zero attached hydrogens (tertiary/aromatic N) is 4. The van der Waals surface area contributed by atoms with Gasteiger partial charge in [0.15, 0.2) is 5.79 Å². The number of allylic oxidation sites excluding steroid dienone is 8. The van der Waals surface area contributed by atoms with Crippen LogP contribution >= 0.6 is 0 Å². The molecular formula is C46H84N4O2. The third-order valence-corrected chi connectivity index (χ3v) is 10.5. The van der Waals surface area contributed by atoms with Crippen LogP contribution in [0.4, 0.5) is 0 Å². The molecule has 2 aliphatic heterocycles. The van der Waals surface area contributed by atoms with Crippen molar-refractivity contribution >= 4 is 0 Å². The number of unbranched alkanes of at least 4 members (excludes halogenated alkanes) is 18. The summed E-state index contributed by atoms with van der Waals surface area (Å²) in [5.74, 6) is -0.380. The van der Waals surface area contributed by atoms with Gasteiger partial charge in [-0.3, -0.25) is 5.01 Å². The molecule has 2 atom stereocenters. The molecule has 0 N–H and O–H groups in total. The molecule has 2 rings (SSSR count). The van der Waals surface area contributed by atoms with Crippen LogP contribution < -0.4 is 0 Å². The first-order chi connectivity index (χ1) is 25.6. The summed E-state index contributed by atoms with van der Waals surface area (Å²) in [6, 6.07) is 0.280. The summed E-state index contributed by atoms with van der Waals surface area (Å²) in [6.45, 7) is 8.02. The second kappa shape index (κ2) is 32.7. The summed E-state index contributed by atoms with van der Waals surface area (Å²) in [7, 11) is 4.21. The minimum absolute atomic E-state index is 0.164. The first-order valence-corrected chi connectivity index (χ1v) is 22.3. The van der Waals surface area contributed by atoms with Crippen LogP contribution in [0.15, 0.2) is 58.9 Å². The lowest BCUT2D eigenvalue weighted by molar-refractivity contribution is -0.180. The van der Waals surface area contributed by atoms with Crippen molar-refractivity contribution in [3.63, 3.8) is 0 Å². The van der Waals surface area contributed by atoms with E-state index in [0.29, 0.717) is 0 Å². The quantitative estimate of drug-likeness (QED) is 0.0482. The summed E-state index contributed by atoms with van der Waals surface area (Å²) in [4.78, 5) is 2.19. The van der Waals surface area contributed by atoms with E-state index in [4.69, 9.17) is 9.47 Å². The van der Waals surface area contributed by atoms with E-state index in [0.717, 1.165) is 58.3 Å². The van der Waals surface area contributed by atoms with Gasteiger partial charge in [-0.2, -0.15) is 5.11 Å². The van der Waals surface area contributed by atoms with Gasteiger partial charge in [-0.25, -0.2) is 0 Å². The average molecular weight is 725 g/mol. The van der Waals surface area contributed by atoms with E-state index in [-0.39, 0.29) is 17.9 Å². The highest BCUT2D eigenvalue weighted by molar-refractivity contribution is 4.93. The van der Waals surface area contributed by atoms with Crippen molar-refractivity contribution in [2.24, 2.45) is 10.3 Å². The highest BCUT2D eigenvalue weighted by Gasteiger charge is 2.40. The number of hydrogen-bond donors (Lipinski definition) is 0. The SMILES string of the molecule is CCCCCC=CCC=CCCCCCCCCC1(CCCCCCCCC=CCC=CCCCCC)OCC(CCN2CC(CN(C)C)N=N2)O1. The van der Waals surface area contributed by atoms with Gasteiger partial charge in [-0.15, -0.1) is 0 Å². The maximum absolute atomic E-state index is 6.79. The maximum atomic E-state index is 6.79. The van der Waals surface area contributed by atoms with Crippen LogP contribution in [-0.2, 0) is 9.47 Å². The Kier molecular flexibility index (Phi) is 29.1. The second-order valence-electron chi connectivity index (χ2n) is 16.0. The van der Waals surface area contributed by atoms with Gasteiger partial charge in [-0.05, 0) is 97.6 Å². The molecule has 0 saturated carbocycles. The molecule has 0 bridgehead atoms. The number of hydrogen-bond acceptors (Lipinski definition) is 6. The van der Waals surface area contributed by atoms with Crippen molar-refractivity contribution in [1.82, 2.24) is 9.91 Å². The molecule has 2 heterocycles. The molecule has 300 valence electrons. The minimum atomic E-state index is -0.380. The zero-order chi connectivity index (χ0) is 37.2. The largest absolute Gasteiger partial charge is 0.347 e. The zero-order valence-electron chi connectivity index (χ0n) is 34.8. The summed E-state index contributed by atoms with van der Waals surface area (Å²) in [5.41, 5.74) is 0. The molecule has 0 aromatic rings. The summed E-state index contributed by atoms with van der Waals surface area (Å²) in [5, 5.41) is 11.0. The van der Waals surface area contributed by atoms with Crippen molar-refractivity contribution in [3.05, 3.63) is 48.6 Å². The van der Waals surface area contributed by atoms with Gasteiger partial charge in [0, 0.05) is 25.9 Å². The Hall–Kier alpha value is -1.76. The molecule has 52 heavy (non-hydrogen) atoms. The third-order valence-electron chi connectivity index (χ3n) is 10.5. The van der Waals surface area contributed by atoms with Crippen LogP contribution in [0.1, 0.15) is 187 Å². The van der Waals surface area contributed by atoms with Crippen LogP contribution in [0.5, 0.6) is 0 Å². The monoisotopic (exact) mass is 725 g/mol. The Morgan fingerprint density at radius 3 is 1.56 bits per heavy atom. The highest BCUT2D eigenvalue weighted by atomic mass is 16.7. The Labute approximate surface area is 323 Å². The van der Waals surface area contributed by atoms with Gasteiger partial charge in [0.25, 0.3) is 0 Å². The number of likely N-dealkylation sites (N-methyl/N-ethyl adjacent to an activating group) is 1. The van der Waals surface area contributed by atoms with E-state index >= 15 is 0 Å². The molecule has 0 aromatic heterocycles. The Morgan fingerprint density at radius 1 is 0.615 bits per heavy atom. The molecule has 0 radical (unpaired) electrons. The second-order valence-corrected chi connectivity index (χ2v) is 16.0. The van der Waals surface area contributed by atoms with Gasteiger partial charge in [-0.1, -0.05) is 145 Å². The molecule has 6 nitrogen and oxygen atoms in total. The van der Waals surface area contributed by atoms with E-state index in [9.17, 15) is 0 Å². The van der Waals surface area contributed by atoms with Crippen molar-refractivity contribution in [2.45, 2.75) is 205 Å². The van der Waals surface area contributed by atoms with Crippen molar-refractivity contribution < 1.29 is 9.47 Å². The first kappa shape index (κ1) is 46.4. The Morgan fingerprint density at radius 2 is 1.08 bits per heavy atom. The Balaban J connectivity index is 1.62. The summed E-state index contributed by atoms with van der Waals surface area (Å²) in [6.07, 6.45) is 52.7. The zero-order valence-corrected chi connectivity index (χ0v) is 34.8. The lowest BCUT2D eigenvalue weighted by Crippen LogP contribution is -2.33. The normalized spacial score (nSPS) is 20.9. The van der Waals surface area contributed by atoms with E-state index in [2.05, 4.69) is 96.8 Å². The molecule has 0 spiro atoms. The molecule has 1 fully saturated rings. The third kappa shape index (κ3) is 25.3. The molecule has 0 amide bonds. The average Bonchev–Trinajstić information content (AvgIpc) is 3.76. The molecule has 6 heteroatoms. The van der Waals surface area contributed by atoms with Crippen LogP contribution in [-0.4, -0.2) is 68.2 Å². The molecular weight excluding hydrogens is 641 g/mol.